The van der Waals surface area contributed by atoms with E-state index in [2.05, 4.69) is 15.7 Å². The quantitative estimate of drug-likeness (QED) is 0.744. The van der Waals surface area contributed by atoms with Crippen LogP contribution in [-0.2, 0) is 0 Å². The van der Waals surface area contributed by atoms with Gasteiger partial charge in [-0.05, 0) is 12.1 Å². The van der Waals surface area contributed by atoms with Gasteiger partial charge in [0.15, 0.2) is 5.58 Å². The lowest BCUT2D eigenvalue weighted by Gasteiger charge is -2.25. The minimum Gasteiger partial charge on any atom is -0.422 e. The van der Waals surface area contributed by atoms with E-state index in [1.807, 2.05) is 24.3 Å². The first-order valence-corrected chi connectivity index (χ1v) is 5.00. The van der Waals surface area contributed by atoms with Gasteiger partial charge < -0.3 is 9.73 Å². The zero-order valence-corrected chi connectivity index (χ0v) is 8.43. The van der Waals surface area contributed by atoms with E-state index < -0.39 is 0 Å². The Hall–Kier alpha value is -2.24. The summed E-state index contributed by atoms with van der Waals surface area (Å²) in [5.41, 5.74) is 4.12. The van der Waals surface area contributed by atoms with Crippen LogP contribution >= 0.6 is 0 Å². The molecule has 0 spiro atoms. The molecule has 6 nitrogen and oxygen atoms in total. The van der Waals surface area contributed by atoms with Crippen molar-refractivity contribution in [2.24, 2.45) is 0 Å². The molecule has 0 aliphatic carbocycles. The van der Waals surface area contributed by atoms with Crippen LogP contribution in [0.1, 0.15) is 0 Å². The largest absolute Gasteiger partial charge is 0.422 e. The number of urea groups is 1. The SMILES string of the molecule is O=C1NCCN(c2nc3ccccc3o2)N1. The first kappa shape index (κ1) is 9.02. The van der Waals surface area contributed by atoms with Gasteiger partial charge in [-0.25, -0.2) is 15.2 Å². The number of nitrogens with zero attached hydrogens (tertiary/aromatic N) is 2. The monoisotopic (exact) mass is 218 g/mol. The summed E-state index contributed by atoms with van der Waals surface area (Å²) in [6.45, 7) is 1.20. The number of nitrogens with one attached hydrogen (secondary N) is 2. The normalized spacial score (nSPS) is 16.0. The second-order valence-electron chi connectivity index (χ2n) is 3.48. The van der Waals surface area contributed by atoms with Gasteiger partial charge in [-0.15, -0.1) is 0 Å². The third-order valence-corrected chi connectivity index (χ3v) is 2.37. The first-order chi connectivity index (χ1) is 7.83. The molecular formula is C10H10N4O2. The molecular weight excluding hydrogens is 208 g/mol. The van der Waals surface area contributed by atoms with Crippen LogP contribution in [0.4, 0.5) is 10.8 Å². The van der Waals surface area contributed by atoms with Crippen molar-refractivity contribution in [3.63, 3.8) is 0 Å². The average molecular weight is 218 g/mol. The highest BCUT2D eigenvalue weighted by atomic mass is 16.4. The van der Waals surface area contributed by atoms with Crippen molar-refractivity contribution in [1.82, 2.24) is 15.7 Å². The number of benzene rings is 1. The van der Waals surface area contributed by atoms with Gasteiger partial charge in [0, 0.05) is 6.54 Å². The maximum absolute atomic E-state index is 11.1. The van der Waals surface area contributed by atoms with Gasteiger partial charge in [-0.1, -0.05) is 12.1 Å². The zero-order valence-electron chi connectivity index (χ0n) is 8.43. The molecule has 0 unspecified atom stereocenters. The number of aromatic nitrogens is 1. The maximum Gasteiger partial charge on any atom is 0.333 e. The molecule has 1 saturated heterocycles. The molecule has 2 N–H and O–H groups in total. The van der Waals surface area contributed by atoms with Gasteiger partial charge >= 0.3 is 12.0 Å². The van der Waals surface area contributed by atoms with Crippen LogP contribution in [0.2, 0.25) is 0 Å². The minimum absolute atomic E-state index is 0.242. The van der Waals surface area contributed by atoms with Gasteiger partial charge in [0.2, 0.25) is 0 Å². The number of amides is 2. The van der Waals surface area contributed by atoms with Gasteiger partial charge in [0.1, 0.15) is 5.52 Å². The molecule has 1 aromatic carbocycles. The number of hydrazine groups is 1. The Kier molecular flexibility index (Phi) is 1.92. The lowest BCUT2D eigenvalue weighted by Crippen LogP contribution is -2.56. The van der Waals surface area contributed by atoms with Gasteiger partial charge in [-0.3, -0.25) is 0 Å². The number of rotatable bonds is 1. The standard InChI is InChI=1S/C10H10N4O2/c15-9-11-5-6-14(13-9)10-12-7-3-1-2-4-8(7)16-10/h1-4H,5-6H2,(H2,11,13,15). The van der Waals surface area contributed by atoms with E-state index in [0.29, 0.717) is 24.7 Å². The highest BCUT2D eigenvalue weighted by molar-refractivity contribution is 5.78. The summed E-state index contributed by atoms with van der Waals surface area (Å²) in [4.78, 5) is 15.4. The van der Waals surface area contributed by atoms with Crippen molar-refractivity contribution in [2.75, 3.05) is 18.1 Å². The Labute approximate surface area is 91.2 Å². The molecule has 16 heavy (non-hydrogen) atoms. The topological polar surface area (TPSA) is 70.4 Å². The van der Waals surface area contributed by atoms with Crippen molar-refractivity contribution in [2.45, 2.75) is 0 Å². The molecule has 2 aromatic rings. The van der Waals surface area contributed by atoms with Crippen LogP contribution in [0.3, 0.4) is 0 Å². The Morgan fingerprint density at radius 2 is 2.25 bits per heavy atom. The molecule has 82 valence electrons. The smallest absolute Gasteiger partial charge is 0.333 e. The number of fused-ring (bicyclic) bond motifs is 1. The molecule has 2 heterocycles. The molecule has 0 bridgehead atoms. The fourth-order valence-electron chi connectivity index (χ4n) is 1.62. The Morgan fingerprint density at radius 1 is 1.38 bits per heavy atom. The summed E-state index contributed by atoms with van der Waals surface area (Å²) < 4.78 is 5.53. The Morgan fingerprint density at radius 3 is 3.06 bits per heavy atom. The molecule has 0 atom stereocenters. The highest BCUT2D eigenvalue weighted by Gasteiger charge is 2.19. The van der Waals surface area contributed by atoms with Crippen molar-refractivity contribution < 1.29 is 9.21 Å². The zero-order chi connectivity index (χ0) is 11.0. The summed E-state index contributed by atoms with van der Waals surface area (Å²) in [5, 5.41) is 4.25. The van der Waals surface area contributed by atoms with Crippen molar-refractivity contribution in [1.29, 1.82) is 0 Å². The van der Waals surface area contributed by atoms with Crippen molar-refractivity contribution in [3.05, 3.63) is 24.3 Å². The van der Waals surface area contributed by atoms with Gasteiger partial charge in [0.25, 0.3) is 0 Å². The Bertz CT molecular complexity index is 503. The average Bonchev–Trinajstić information content (AvgIpc) is 2.72. The molecule has 3 rings (SSSR count). The number of hydrogen-bond donors (Lipinski definition) is 2. The third-order valence-electron chi connectivity index (χ3n) is 2.37. The Balaban J connectivity index is 1.96. The van der Waals surface area contributed by atoms with E-state index in [9.17, 15) is 4.79 Å². The molecule has 1 aromatic heterocycles. The number of para-hydroxylation sites is 2. The third kappa shape index (κ3) is 1.44. The second-order valence-corrected chi connectivity index (χ2v) is 3.48. The van der Waals surface area contributed by atoms with Crippen molar-refractivity contribution >= 4 is 23.1 Å². The molecule has 0 saturated carbocycles. The molecule has 0 radical (unpaired) electrons. The van der Waals surface area contributed by atoms with Crippen LogP contribution in [0, 0.1) is 0 Å². The predicted octanol–water partition coefficient (Wildman–Crippen LogP) is 0.862. The summed E-state index contributed by atoms with van der Waals surface area (Å²) in [6, 6.07) is 7.66. The number of anilines is 1. The summed E-state index contributed by atoms with van der Waals surface area (Å²) >= 11 is 0. The molecule has 6 heteroatoms. The van der Waals surface area contributed by atoms with Gasteiger partial charge in [0.05, 0.1) is 6.54 Å². The molecule has 1 aliphatic rings. The van der Waals surface area contributed by atoms with Crippen LogP contribution in [0.15, 0.2) is 28.7 Å². The molecule has 1 aliphatic heterocycles. The number of oxazole rings is 1. The maximum atomic E-state index is 11.1. The number of carbonyl (C=O) groups excluding carboxylic acids is 1. The summed E-state index contributed by atoms with van der Waals surface area (Å²) in [7, 11) is 0. The van der Waals surface area contributed by atoms with Crippen LogP contribution in [0.25, 0.3) is 11.1 Å². The summed E-state index contributed by atoms with van der Waals surface area (Å²) in [5.74, 6) is 0. The lowest BCUT2D eigenvalue weighted by atomic mass is 10.3. The molecule has 2 amide bonds. The van der Waals surface area contributed by atoms with E-state index in [-0.39, 0.29) is 6.03 Å². The first-order valence-electron chi connectivity index (χ1n) is 5.00. The van der Waals surface area contributed by atoms with E-state index in [1.165, 1.54) is 0 Å². The number of hydrogen-bond acceptors (Lipinski definition) is 4. The predicted molar refractivity (Wildman–Crippen MR) is 57.9 cm³/mol. The van der Waals surface area contributed by atoms with Crippen LogP contribution < -0.4 is 15.8 Å². The fraction of sp³-hybridized carbons (Fsp3) is 0.200. The summed E-state index contributed by atoms with van der Waals surface area (Å²) in [6.07, 6.45) is 0. The van der Waals surface area contributed by atoms with E-state index in [0.717, 1.165) is 5.52 Å². The fourth-order valence-corrected chi connectivity index (χ4v) is 1.62. The van der Waals surface area contributed by atoms with E-state index in [4.69, 9.17) is 4.42 Å². The van der Waals surface area contributed by atoms with Crippen LogP contribution in [-0.4, -0.2) is 24.1 Å². The number of carbonyl (C=O) groups is 1. The minimum atomic E-state index is -0.242. The van der Waals surface area contributed by atoms with Crippen molar-refractivity contribution in [3.8, 4) is 0 Å². The van der Waals surface area contributed by atoms with Gasteiger partial charge in [-0.2, -0.15) is 4.98 Å². The van der Waals surface area contributed by atoms with Crippen LogP contribution in [0.5, 0.6) is 0 Å². The second kappa shape index (κ2) is 3.41. The van der Waals surface area contributed by atoms with E-state index in [1.54, 1.807) is 5.01 Å². The lowest BCUT2D eigenvalue weighted by molar-refractivity contribution is 0.234. The molecule has 1 fully saturated rings. The highest BCUT2D eigenvalue weighted by Crippen LogP contribution is 2.20. The van der Waals surface area contributed by atoms with E-state index >= 15 is 0 Å².